The van der Waals surface area contributed by atoms with Gasteiger partial charge in [-0.2, -0.15) is 0 Å². The molecule has 0 spiro atoms. The lowest BCUT2D eigenvalue weighted by atomic mass is 10.2. The van der Waals surface area contributed by atoms with Gasteiger partial charge in [0.1, 0.15) is 0 Å². The van der Waals surface area contributed by atoms with E-state index in [1.165, 1.54) is 11.3 Å². The van der Waals surface area contributed by atoms with Gasteiger partial charge in [-0.05, 0) is 29.1 Å². The number of amides is 1. The van der Waals surface area contributed by atoms with Gasteiger partial charge in [-0.15, -0.1) is 11.3 Å². The summed E-state index contributed by atoms with van der Waals surface area (Å²) in [5.74, 6) is -0.105. The zero-order chi connectivity index (χ0) is 14.4. The van der Waals surface area contributed by atoms with Crippen LogP contribution in [0.15, 0.2) is 41.8 Å². The van der Waals surface area contributed by atoms with Gasteiger partial charge < -0.3 is 5.32 Å². The molecular formula is C15H14ClNO2S. The van der Waals surface area contributed by atoms with Crippen LogP contribution in [0.3, 0.4) is 0 Å². The van der Waals surface area contributed by atoms with Crippen molar-refractivity contribution in [2.45, 2.75) is 19.4 Å². The maximum absolute atomic E-state index is 11.7. The zero-order valence-corrected chi connectivity index (χ0v) is 12.3. The van der Waals surface area contributed by atoms with Gasteiger partial charge in [0.25, 0.3) is 0 Å². The van der Waals surface area contributed by atoms with Crippen molar-refractivity contribution >= 4 is 34.6 Å². The van der Waals surface area contributed by atoms with E-state index in [-0.39, 0.29) is 24.5 Å². The quantitative estimate of drug-likeness (QED) is 0.827. The highest BCUT2D eigenvalue weighted by Crippen LogP contribution is 2.12. The Morgan fingerprint density at radius 3 is 2.50 bits per heavy atom. The molecule has 2 aromatic rings. The standard InChI is InChI=1S/C15H14ClNO2S/c16-12-5-3-11(4-6-12)10-17-15(19)8-7-13(18)14-2-1-9-20-14/h1-6,9H,7-8,10H2,(H,17,19). The van der Waals surface area contributed by atoms with Crippen LogP contribution >= 0.6 is 22.9 Å². The maximum Gasteiger partial charge on any atom is 0.220 e. The van der Waals surface area contributed by atoms with E-state index in [1.807, 2.05) is 23.6 Å². The number of halogens is 1. The largest absolute Gasteiger partial charge is 0.352 e. The van der Waals surface area contributed by atoms with Crippen LogP contribution in [0.2, 0.25) is 5.02 Å². The summed E-state index contributed by atoms with van der Waals surface area (Å²) in [4.78, 5) is 24.1. The molecule has 20 heavy (non-hydrogen) atoms. The van der Waals surface area contributed by atoms with Crippen LogP contribution in [0, 0.1) is 0 Å². The highest BCUT2D eigenvalue weighted by molar-refractivity contribution is 7.12. The van der Waals surface area contributed by atoms with E-state index >= 15 is 0 Å². The molecule has 0 unspecified atom stereocenters. The summed E-state index contributed by atoms with van der Waals surface area (Å²) in [5, 5.41) is 5.31. The summed E-state index contributed by atoms with van der Waals surface area (Å²) in [6.07, 6.45) is 0.456. The van der Waals surface area contributed by atoms with Gasteiger partial charge in [0, 0.05) is 24.4 Å². The van der Waals surface area contributed by atoms with Crippen molar-refractivity contribution in [1.82, 2.24) is 5.32 Å². The first kappa shape index (κ1) is 14.8. The lowest BCUT2D eigenvalue weighted by Crippen LogP contribution is -2.23. The number of carbonyl (C=O) groups excluding carboxylic acids is 2. The molecule has 0 aliphatic rings. The van der Waals surface area contributed by atoms with Gasteiger partial charge in [-0.3, -0.25) is 9.59 Å². The summed E-state index contributed by atoms with van der Waals surface area (Å²) in [7, 11) is 0. The molecule has 1 amide bonds. The first-order valence-corrected chi connectivity index (χ1v) is 7.49. The number of Topliss-reactive ketones (excluding diaryl/α,β-unsaturated/α-hetero) is 1. The first-order valence-electron chi connectivity index (χ1n) is 6.23. The minimum absolute atomic E-state index is 0.0154. The molecule has 3 nitrogen and oxygen atoms in total. The predicted octanol–water partition coefficient (Wildman–Crippen LogP) is 3.68. The lowest BCUT2D eigenvalue weighted by molar-refractivity contribution is -0.121. The second-order valence-electron chi connectivity index (χ2n) is 4.30. The molecule has 0 aliphatic carbocycles. The van der Waals surface area contributed by atoms with Crippen LogP contribution in [0.5, 0.6) is 0 Å². The number of hydrogen-bond acceptors (Lipinski definition) is 3. The number of ketones is 1. The van der Waals surface area contributed by atoms with Gasteiger partial charge in [0.05, 0.1) is 4.88 Å². The third-order valence-corrected chi connectivity index (χ3v) is 3.94. The Kier molecular flexibility index (Phi) is 5.32. The van der Waals surface area contributed by atoms with Crippen LogP contribution in [0.25, 0.3) is 0 Å². The Hall–Kier alpha value is -1.65. The van der Waals surface area contributed by atoms with E-state index < -0.39 is 0 Å². The van der Waals surface area contributed by atoms with Gasteiger partial charge in [-0.25, -0.2) is 0 Å². The Morgan fingerprint density at radius 2 is 1.85 bits per heavy atom. The highest BCUT2D eigenvalue weighted by atomic mass is 35.5. The number of benzene rings is 1. The fraction of sp³-hybridized carbons (Fsp3) is 0.200. The predicted molar refractivity (Wildman–Crippen MR) is 81.2 cm³/mol. The monoisotopic (exact) mass is 307 g/mol. The number of carbonyl (C=O) groups is 2. The summed E-state index contributed by atoms with van der Waals surface area (Å²) >= 11 is 7.18. The van der Waals surface area contributed by atoms with E-state index in [1.54, 1.807) is 18.2 Å². The van der Waals surface area contributed by atoms with Crippen molar-refractivity contribution in [2.24, 2.45) is 0 Å². The van der Waals surface area contributed by atoms with E-state index in [0.717, 1.165) is 5.56 Å². The third-order valence-electron chi connectivity index (χ3n) is 2.78. The maximum atomic E-state index is 11.7. The van der Waals surface area contributed by atoms with E-state index in [9.17, 15) is 9.59 Å². The SMILES string of the molecule is O=C(CCC(=O)c1cccs1)NCc1ccc(Cl)cc1. The summed E-state index contributed by atoms with van der Waals surface area (Å²) in [6, 6.07) is 10.9. The van der Waals surface area contributed by atoms with Crippen LogP contribution in [-0.2, 0) is 11.3 Å². The molecule has 104 valence electrons. The molecule has 1 N–H and O–H groups in total. The van der Waals surface area contributed by atoms with Crippen molar-refractivity contribution in [3.8, 4) is 0 Å². The second kappa shape index (κ2) is 7.22. The first-order chi connectivity index (χ1) is 9.65. The van der Waals surface area contributed by atoms with Gasteiger partial charge in [-0.1, -0.05) is 29.8 Å². The van der Waals surface area contributed by atoms with E-state index in [4.69, 9.17) is 11.6 Å². The van der Waals surface area contributed by atoms with Crippen LogP contribution in [0.4, 0.5) is 0 Å². The topological polar surface area (TPSA) is 46.2 Å². The number of rotatable bonds is 6. The molecule has 0 aliphatic heterocycles. The Labute approximate surface area is 126 Å². The van der Waals surface area contributed by atoms with Crippen LogP contribution in [0.1, 0.15) is 28.1 Å². The van der Waals surface area contributed by atoms with Crippen LogP contribution in [-0.4, -0.2) is 11.7 Å². The van der Waals surface area contributed by atoms with Gasteiger partial charge in [0.2, 0.25) is 5.91 Å². The molecule has 1 aromatic carbocycles. The van der Waals surface area contributed by atoms with E-state index in [0.29, 0.717) is 16.4 Å². The third kappa shape index (κ3) is 4.47. The molecule has 1 heterocycles. The second-order valence-corrected chi connectivity index (χ2v) is 5.69. The van der Waals surface area contributed by atoms with Gasteiger partial charge >= 0.3 is 0 Å². The van der Waals surface area contributed by atoms with Crippen LogP contribution < -0.4 is 5.32 Å². The molecule has 0 fully saturated rings. The van der Waals surface area contributed by atoms with Crippen molar-refractivity contribution < 1.29 is 9.59 Å². The fourth-order valence-electron chi connectivity index (χ4n) is 1.68. The number of thiophene rings is 1. The van der Waals surface area contributed by atoms with Crippen molar-refractivity contribution in [1.29, 1.82) is 0 Å². The average Bonchev–Trinajstić information content (AvgIpc) is 2.98. The van der Waals surface area contributed by atoms with E-state index in [2.05, 4.69) is 5.32 Å². The number of hydrogen-bond donors (Lipinski definition) is 1. The summed E-state index contributed by atoms with van der Waals surface area (Å²) < 4.78 is 0. The van der Waals surface area contributed by atoms with Crippen molar-refractivity contribution in [2.75, 3.05) is 0 Å². The Bertz CT molecular complexity index is 578. The molecule has 0 saturated carbocycles. The average molecular weight is 308 g/mol. The lowest BCUT2D eigenvalue weighted by Gasteiger charge is -2.05. The molecule has 2 rings (SSSR count). The zero-order valence-electron chi connectivity index (χ0n) is 10.8. The molecule has 0 saturated heterocycles. The van der Waals surface area contributed by atoms with Gasteiger partial charge in [0.15, 0.2) is 5.78 Å². The summed E-state index contributed by atoms with van der Waals surface area (Å²) in [6.45, 7) is 0.448. The van der Waals surface area contributed by atoms with Crippen molar-refractivity contribution in [3.63, 3.8) is 0 Å². The molecule has 1 aromatic heterocycles. The smallest absolute Gasteiger partial charge is 0.220 e. The Morgan fingerprint density at radius 1 is 1.10 bits per heavy atom. The minimum atomic E-state index is -0.121. The molecule has 0 atom stereocenters. The molecule has 0 radical (unpaired) electrons. The normalized spacial score (nSPS) is 10.2. The molecule has 5 heteroatoms. The summed E-state index contributed by atoms with van der Waals surface area (Å²) in [5.41, 5.74) is 0.979. The number of nitrogens with one attached hydrogen (secondary N) is 1. The fourth-order valence-corrected chi connectivity index (χ4v) is 2.50. The molecular weight excluding hydrogens is 294 g/mol. The van der Waals surface area contributed by atoms with Crippen molar-refractivity contribution in [3.05, 3.63) is 57.2 Å². The molecule has 0 bridgehead atoms. The Balaban J connectivity index is 1.73. The minimum Gasteiger partial charge on any atom is -0.352 e. The highest BCUT2D eigenvalue weighted by Gasteiger charge is 2.09.